The molecule has 0 atom stereocenters. The molecule has 1 heterocycles. The van der Waals surface area contributed by atoms with Crippen molar-refractivity contribution in [1.82, 2.24) is 14.9 Å². The Hall–Kier alpha value is -1.56. The van der Waals surface area contributed by atoms with E-state index in [1.807, 2.05) is 0 Å². The maximum atomic E-state index is 5.93. The van der Waals surface area contributed by atoms with Crippen LogP contribution in [0.4, 0.5) is 11.5 Å². The normalized spacial score (nSPS) is 17.3. The van der Waals surface area contributed by atoms with E-state index in [1.54, 1.807) is 7.11 Å². The first kappa shape index (κ1) is 12.9. The summed E-state index contributed by atoms with van der Waals surface area (Å²) in [7, 11) is 5.78. The molecule has 6 nitrogen and oxygen atoms in total. The van der Waals surface area contributed by atoms with Gasteiger partial charge in [0.2, 0.25) is 5.88 Å². The van der Waals surface area contributed by atoms with Gasteiger partial charge in [-0.25, -0.2) is 4.98 Å². The average Bonchev–Trinajstić information content (AvgIpc) is 2.29. The van der Waals surface area contributed by atoms with E-state index >= 15 is 0 Å². The Morgan fingerprint density at radius 3 is 2.67 bits per heavy atom. The molecule has 1 aliphatic carbocycles. The summed E-state index contributed by atoms with van der Waals surface area (Å²) in [5.41, 5.74) is 6.63. The molecule has 0 bridgehead atoms. The second-order valence-corrected chi connectivity index (χ2v) is 4.97. The lowest BCUT2D eigenvalue weighted by molar-refractivity contribution is 0.0738. The van der Waals surface area contributed by atoms with E-state index in [9.17, 15) is 0 Å². The fourth-order valence-electron chi connectivity index (χ4n) is 2.30. The number of likely N-dealkylation sites (N-methyl/N-ethyl adjacent to an activating group) is 1. The van der Waals surface area contributed by atoms with Gasteiger partial charge in [-0.2, -0.15) is 4.98 Å². The summed E-state index contributed by atoms with van der Waals surface area (Å²) < 4.78 is 5.08. The van der Waals surface area contributed by atoms with Crippen molar-refractivity contribution in [3.63, 3.8) is 0 Å². The van der Waals surface area contributed by atoms with Crippen LogP contribution in [0.5, 0.6) is 5.88 Å². The predicted octanol–water partition coefficient (Wildman–Crippen LogP) is 0.964. The molecule has 0 spiro atoms. The molecule has 0 unspecified atom stereocenters. The van der Waals surface area contributed by atoms with E-state index < -0.39 is 0 Å². The number of rotatable bonds is 5. The molecule has 0 aromatic carbocycles. The number of nitrogens with two attached hydrogens (primary N) is 1. The highest BCUT2D eigenvalue weighted by Crippen LogP contribution is 2.36. The van der Waals surface area contributed by atoms with Gasteiger partial charge in [-0.3, -0.25) is 0 Å². The average molecular weight is 251 g/mol. The van der Waals surface area contributed by atoms with E-state index in [-0.39, 0.29) is 5.54 Å². The molecule has 6 heteroatoms. The van der Waals surface area contributed by atoms with Crippen LogP contribution in [0.2, 0.25) is 0 Å². The maximum absolute atomic E-state index is 5.93. The SMILES string of the molecule is COc1ncnc(NCC2(N(C)C)CCC2)c1N. The third kappa shape index (κ3) is 2.20. The van der Waals surface area contributed by atoms with Crippen molar-refractivity contribution in [3.8, 4) is 5.88 Å². The number of hydrogen-bond acceptors (Lipinski definition) is 6. The van der Waals surface area contributed by atoms with Crippen molar-refractivity contribution in [2.24, 2.45) is 0 Å². The van der Waals surface area contributed by atoms with Crippen LogP contribution in [-0.4, -0.2) is 48.2 Å². The van der Waals surface area contributed by atoms with Gasteiger partial charge in [-0.05, 0) is 33.4 Å². The molecule has 18 heavy (non-hydrogen) atoms. The Morgan fingerprint density at radius 2 is 2.17 bits per heavy atom. The molecule has 0 radical (unpaired) electrons. The largest absolute Gasteiger partial charge is 0.479 e. The number of ether oxygens (including phenoxy) is 1. The van der Waals surface area contributed by atoms with Crippen molar-refractivity contribution < 1.29 is 4.74 Å². The number of anilines is 2. The number of nitrogens with one attached hydrogen (secondary N) is 1. The van der Waals surface area contributed by atoms with E-state index in [4.69, 9.17) is 10.5 Å². The van der Waals surface area contributed by atoms with Crippen LogP contribution >= 0.6 is 0 Å². The van der Waals surface area contributed by atoms with Gasteiger partial charge >= 0.3 is 0 Å². The summed E-state index contributed by atoms with van der Waals surface area (Å²) in [5, 5.41) is 3.31. The molecule has 2 rings (SSSR count). The van der Waals surface area contributed by atoms with Crippen molar-refractivity contribution >= 4 is 11.5 Å². The van der Waals surface area contributed by atoms with Gasteiger partial charge in [0.1, 0.15) is 12.0 Å². The second kappa shape index (κ2) is 4.97. The molecule has 0 saturated heterocycles. The van der Waals surface area contributed by atoms with E-state index in [2.05, 4.69) is 34.3 Å². The predicted molar refractivity (Wildman–Crippen MR) is 71.8 cm³/mol. The van der Waals surface area contributed by atoms with Gasteiger partial charge in [-0.1, -0.05) is 0 Å². The van der Waals surface area contributed by atoms with Crippen molar-refractivity contribution in [1.29, 1.82) is 0 Å². The number of nitrogen functional groups attached to an aromatic ring is 1. The highest BCUT2D eigenvalue weighted by Gasteiger charge is 2.38. The lowest BCUT2D eigenvalue weighted by Crippen LogP contribution is -2.54. The van der Waals surface area contributed by atoms with Crippen LogP contribution in [0.15, 0.2) is 6.33 Å². The first-order valence-corrected chi connectivity index (χ1v) is 6.15. The minimum Gasteiger partial charge on any atom is -0.479 e. The zero-order valence-corrected chi connectivity index (χ0v) is 11.2. The monoisotopic (exact) mass is 251 g/mol. The molecule has 1 aliphatic rings. The maximum Gasteiger partial charge on any atom is 0.242 e. The van der Waals surface area contributed by atoms with Crippen LogP contribution in [0, 0.1) is 0 Å². The molecule has 3 N–H and O–H groups in total. The molecular formula is C12H21N5O. The van der Waals surface area contributed by atoms with Crippen molar-refractivity contribution in [3.05, 3.63) is 6.33 Å². The third-order valence-corrected chi connectivity index (χ3v) is 3.86. The number of methoxy groups -OCH3 is 1. The van der Waals surface area contributed by atoms with Crippen LogP contribution in [0.25, 0.3) is 0 Å². The Morgan fingerprint density at radius 1 is 1.44 bits per heavy atom. The number of nitrogens with zero attached hydrogens (tertiary/aromatic N) is 3. The minimum absolute atomic E-state index is 0.227. The minimum atomic E-state index is 0.227. The zero-order chi connectivity index (χ0) is 13.2. The first-order chi connectivity index (χ1) is 8.59. The smallest absolute Gasteiger partial charge is 0.242 e. The van der Waals surface area contributed by atoms with Gasteiger partial charge in [0.25, 0.3) is 0 Å². The second-order valence-electron chi connectivity index (χ2n) is 4.97. The highest BCUT2D eigenvalue weighted by atomic mass is 16.5. The Balaban J connectivity index is 2.06. The fraction of sp³-hybridized carbons (Fsp3) is 0.667. The molecule has 0 aliphatic heterocycles. The fourth-order valence-corrected chi connectivity index (χ4v) is 2.30. The molecule has 100 valence electrons. The molecular weight excluding hydrogens is 230 g/mol. The van der Waals surface area contributed by atoms with Crippen LogP contribution in [0.1, 0.15) is 19.3 Å². The summed E-state index contributed by atoms with van der Waals surface area (Å²) in [6, 6.07) is 0. The quantitative estimate of drug-likeness (QED) is 0.812. The number of aromatic nitrogens is 2. The molecule has 1 fully saturated rings. The van der Waals surface area contributed by atoms with Gasteiger partial charge in [0, 0.05) is 12.1 Å². The topological polar surface area (TPSA) is 76.3 Å². The summed E-state index contributed by atoms with van der Waals surface area (Å²) in [6.07, 6.45) is 5.15. The summed E-state index contributed by atoms with van der Waals surface area (Å²) in [4.78, 5) is 10.4. The summed E-state index contributed by atoms with van der Waals surface area (Å²) >= 11 is 0. The lowest BCUT2D eigenvalue weighted by atomic mass is 9.75. The molecule has 1 saturated carbocycles. The highest BCUT2D eigenvalue weighted by molar-refractivity contribution is 5.66. The molecule has 1 aromatic rings. The Labute approximate surface area is 108 Å². The van der Waals surface area contributed by atoms with Gasteiger partial charge in [0.15, 0.2) is 5.82 Å². The molecule has 0 amide bonds. The van der Waals surface area contributed by atoms with Crippen LogP contribution in [0.3, 0.4) is 0 Å². The van der Waals surface area contributed by atoms with Crippen LogP contribution in [-0.2, 0) is 0 Å². The first-order valence-electron chi connectivity index (χ1n) is 6.15. The van der Waals surface area contributed by atoms with E-state index in [1.165, 1.54) is 25.6 Å². The number of hydrogen-bond donors (Lipinski definition) is 2. The van der Waals surface area contributed by atoms with Gasteiger partial charge in [-0.15, -0.1) is 0 Å². The summed E-state index contributed by atoms with van der Waals surface area (Å²) in [5.74, 6) is 1.06. The summed E-state index contributed by atoms with van der Waals surface area (Å²) in [6.45, 7) is 0.838. The van der Waals surface area contributed by atoms with Gasteiger partial charge < -0.3 is 20.7 Å². The lowest BCUT2D eigenvalue weighted by Gasteiger charge is -2.47. The Bertz CT molecular complexity index is 417. The molecule has 1 aromatic heterocycles. The zero-order valence-electron chi connectivity index (χ0n) is 11.2. The van der Waals surface area contributed by atoms with Crippen molar-refractivity contribution in [2.75, 3.05) is 38.8 Å². The third-order valence-electron chi connectivity index (χ3n) is 3.86. The Kier molecular flexibility index (Phi) is 3.56. The van der Waals surface area contributed by atoms with Crippen molar-refractivity contribution in [2.45, 2.75) is 24.8 Å². The van der Waals surface area contributed by atoms with E-state index in [0.29, 0.717) is 17.4 Å². The van der Waals surface area contributed by atoms with E-state index in [0.717, 1.165) is 6.54 Å². The van der Waals surface area contributed by atoms with Gasteiger partial charge in [0.05, 0.1) is 7.11 Å². The standard InChI is InChI=1S/C12H21N5O/c1-17(2)12(5-4-6-12)7-14-10-9(13)11(18-3)16-8-15-10/h8H,4-7,13H2,1-3H3,(H,14,15,16). The van der Waals surface area contributed by atoms with Crippen LogP contribution < -0.4 is 15.8 Å².